The van der Waals surface area contributed by atoms with Crippen LogP contribution >= 0.6 is 27.7 Å². The summed E-state index contributed by atoms with van der Waals surface area (Å²) < 4.78 is 5.81. The molecule has 8 nitrogen and oxygen atoms in total. The third-order valence-corrected chi connectivity index (χ3v) is 3.71. The maximum atomic E-state index is 10.9. The summed E-state index contributed by atoms with van der Waals surface area (Å²) in [4.78, 5) is 18.6. The van der Waals surface area contributed by atoms with Gasteiger partial charge in [-0.05, 0) is 28.3 Å². The van der Waals surface area contributed by atoms with Crippen LogP contribution in [0.4, 0.5) is 11.5 Å². The molecule has 0 radical (unpaired) electrons. The number of nitrogens with zero attached hydrogens (tertiary/aromatic N) is 3. The topological polar surface area (TPSA) is 116 Å². The van der Waals surface area contributed by atoms with Crippen LogP contribution in [-0.4, -0.2) is 21.1 Å². The summed E-state index contributed by atoms with van der Waals surface area (Å²) in [6, 6.07) is 5.98. The summed E-state index contributed by atoms with van der Waals surface area (Å²) in [7, 11) is 0. The Balaban J connectivity index is 2.38. The minimum atomic E-state index is -0.503. The fraction of sp³-hybridized carbons (Fsp3) is 0.0909. The Morgan fingerprint density at radius 3 is 2.86 bits per heavy atom. The van der Waals surface area contributed by atoms with Crippen LogP contribution < -0.4 is 16.0 Å². The van der Waals surface area contributed by atoms with Gasteiger partial charge >= 0.3 is 0 Å². The number of aromatic nitrogens is 2. The average Bonchev–Trinajstić information content (AvgIpc) is 2.48. The first kappa shape index (κ1) is 15.5. The zero-order chi connectivity index (χ0) is 15.4. The number of benzene rings is 1. The summed E-state index contributed by atoms with van der Waals surface area (Å²) in [6.07, 6.45) is 1.81. The van der Waals surface area contributed by atoms with Crippen molar-refractivity contribution in [3.05, 3.63) is 38.9 Å². The van der Waals surface area contributed by atoms with Crippen molar-refractivity contribution in [1.29, 1.82) is 0 Å². The number of nitrogen functional groups attached to an aromatic ring is 1. The third kappa shape index (κ3) is 3.60. The van der Waals surface area contributed by atoms with Gasteiger partial charge in [0, 0.05) is 12.1 Å². The van der Waals surface area contributed by atoms with Crippen LogP contribution in [0.2, 0.25) is 0 Å². The number of thioether (sulfide) groups is 1. The highest BCUT2D eigenvalue weighted by Crippen LogP contribution is 2.36. The predicted molar refractivity (Wildman–Crippen MR) is 82.5 cm³/mol. The summed E-state index contributed by atoms with van der Waals surface area (Å²) in [5, 5.41) is 11.4. The lowest BCUT2D eigenvalue weighted by atomic mass is 10.3. The standard InChI is InChI=1S/C11H10BrN5O3S/c1-21-11-14-8(16-13)5-9(15-11)20-7-4-2-3-6(10(7)12)17(18)19/h2-5H,13H2,1H3,(H,14,15,16). The van der Waals surface area contributed by atoms with E-state index in [-0.39, 0.29) is 21.8 Å². The second-order valence-electron chi connectivity index (χ2n) is 3.67. The Morgan fingerprint density at radius 2 is 2.24 bits per heavy atom. The van der Waals surface area contributed by atoms with Crippen LogP contribution in [-0.2, 0) is 0 Å². The van der Waals surface area contributed by atoms with Crippen molar-refractivity contribution >= 4 is 39.2 Å². The number of ether oxygens (including phenoxy) is 1. The van der Waals surface area contributed by atoms with E-state index in [1.165, 1.54) is 30.0 Å². The lowest BCUT2D eigenvalue weighted by molar-refractivity contribution is -0.385. The SMILES string of the molecule is CSc1nc(NN)cc(Oc2cccc([N+](=O)[O-])c2Br)n1. The molecule has 2 aromatic rings. The van der Waals surface area contributed by atoms with Gasteiger partial charge in [-0.2, -0.15) is 4.98 Å². The van der Waals surface area contributed by atoms with Crippen molar-refractivity contribution in [2.24, 2.45) is 5.84 Å². The number of nitrogens with one attached hydrogen (secondary N) is 1. The Labute approximate surface area is 132 Å². The number of nitro benzene ring substituents is 1. The normalized spacial score (nSPS) is 10.2. The molecular weight excluding hydrogens is 362 g/mol. The molecule has 0 atom stereocenters. The molecule has 21 heavy (non-hydrogen) atoms. The van der Waals surface area contributed by atoms with E-state index in [4.69, 9.17) is 10.6 Å². The summed E-state index contributed by atoms with van der Waals surface area (Å²) in [5.74, 6) is 6.21. The molecule has 0 saturated carbocycles. The number of hydrogen-bond acceptors (Lipinski definition) is 8. The molecule has 3 N–H and O–H groups in total. The second kappa shape index (κ2) is 6.70. The first-order valence-corrected chi connectivity index (χ1v) is 7.57. The zero-order valence-corrected chi connectivity index (χ0v) is 13.1. The van der Waals surface area contributed by atoms with E-state index in [1.54, 1.807) is 6.07 Å². The van der Waals surface area contributed by atoms with Gasteiger partial charge in [0.1, 0.15) is 10.3 Å². The van der Waals surface area contributed by atoms with Gasteiger partial charge in [0.05, 0.1) is 4.92 Å². The van der Waals surface area contributed by atoms with Gasteiger partial charge in [-0.15, -0.1) is 0 Å². The van der Waals surface area contributed by atoms with Crippen LogP contribution in [0, 0.1) is 10.1 Å². The summed E-state index contributed by atoms with van der Waals surface area (Å²) >= 11 is 4.47. The van der Waals surface area contributed by atoms with Crippen molar-refractivity contribution in [3.8, 4) is 11.6 Å². The molecule has 0 fully saturated rings. The van der Waals surface area contributed by atoms with Crippen molar-refractivity contribution in [2.75, 3.05) is 11.7 Å². The molecule has 0 aliphatic rings. The van der Waals surface area contributed by atoms with Crippen LogP contribution in [0.1, 0.15) is 0 Å². The van der Waals surface area contributed by atoms with Crippen LogP contribution in [0.5, 0.6) is 11.6 Å². The molecule has 0 aliphatic carbocycles. The molecule has 10 heteroatoms. The molecule has 1 aromatic heterocycles. The second-order valence-corrected chi connectivity index (χ2v) is 5.24. The van der Waals surface area contributed by atoms with Gasteiger partial charge in [-0.3, -0.25) is 10.1 Å². The minimum absolute atomic E-state index is 0.0937. The third-order valence-electron chi connectivity index (χ3n) is 2.37. The van der Waals surface area contributed by atoms with E-state index in [2.05, 4.69) is 31.3 Å². The Kier molecular flexibility index (Phi) is 4.94. The van der Waals surface area contributed by atoms with Gasteiger partial charge in [0.15, 0.2) is 10.9 Å². The van der Waals surface area contributed by atoms with E-state index in [0.717, 1.165) is 0 Å². The molecule has 0 saturated heterocycles. The summed E-state index contributed by atoms with van der Waals surface area (Å²) in [6.45, 7) is 0. The quantitative estimate of drug-likeness (QED) is 0.271. The highest BCUT2D eigenvalue weighted by Gasteiger charge is 2.17. The average molecular weight is 372 g/mol. The van der Waals surface area contributed by atoms with Crippen molar-refractivity contribution in [1.82, 2.24) is 9.97 Å². The highest BCUT2D eigenvalue weighted by atomic mass is 79.9. The monoisotopic (exact) mass is 371 g/mol. The Hall–Kier alpha value is -1.91. The Morgan fingerprint density at radius 1 is 1.48 bits per heavy atom. The number of anilines is 1. The fourth-order valence-electron chi connectivity index (χ4n) is 1.45. The van der Waals surface area contributed by atoms with Gasteiger partial charge in [0.25, 0.3) is 5.69 Å². The van der Waals surface area contributed by atoms with Gasteiger partial charge in [-0.1, -0.05) is 17.8 Å². The molecular formula is C11H10BrN5O3S. The lowest BCUT2D eigenvalue weighted by Gasteiger charge is -2.09. The fourth-order valence-corrected chi connectivity index (χ4v) is 2.31. The van der Waals surface area contributed by atoms with Gasteiger partial charge < -0.3 is 10.2 Å². The van der Waals surface area contributed by atoms with Crippen molar-refractivity contribution < 1.29 is 9.66 Å². The number of rotatable bonds is 5. The molecule has 110 valence electrons. The number of hydrogen-bond donors (Lipinski definition) is 2. The molecule has 0 unspecified atom stereocenters. The van der Waals surface area contributed by atoms with Crippen LogP contribution in [0.15, 0.2) is 33.9 Å². The van der Waals surface area contributed by atoms with E-state index < -0.39 is 4.92 Å². The van der Waals surface area contributed by atoms with Gasteiger partial charge in [-0.25, -0.2) is 10.8 Å². The number of hydrazine groups is 1. The number of nitro groups is 1. The van der Waals surface area contributed by atoms with Gasteiger partial charge in [0.2, 0.25) is 5.88 Å². The van der Waals surface area contributed by atoms with E-state index in [9.17, 15) is 10.1 Å². The molecule has 0 spiro atoms. The first-order valence-electron chi connectivity index (χ1n) is 5.55. The minimum Gasteiger partial charge on any atom is -0.437 e. The predicted octanol–water partition coefficient (Wildman–Crippen LogP) is 2.95. The molecule has 2 rings (SSSR count). The lowest BCUT2D eigenvalue weighted by Crippen LogP contribution is -2.09. The maximum absolute atomic E-state index is 10.9. The summed E-state index contributed by atoms with van der Waals surface area (Å²) in [5.41, 5.74) is 2.31. The van der Waals surface area contributed by atoms with E-state index in [1.807, 2.05) is 6.26 Å². The van der Waals surface area contributed by atoms with Crippen LogP contribution in [0.25, 0.3) is 0 Å². The zero-order valence-electron chi connectivity index (χ0n) is 10.7. The molecule has 1 aromatic carbocycles. The first-order chi connectivity index (χ1) is 10.0. The number of nitrogens with two attached hydrogens (primary N) is 1. The number of halogens is 1. The van der Waals surface area contributed by atoms with E-state index >= 15 is 0 Å². The maximum Gasteiger partial charge on any atom is 0.287 e. The van der Waals surface area contributed by atoms with Crippen molar-refractivity contribution in [3.63, 3.8) is 0 Å². The van der Waals surface area contributed by atoms with Crippen molar-refractivity contribution in [2.45, 2.75) is 5.16 Å². The largest absolute Gasteiger partial charge is 0.437 e. The smallest absolute Gasteiger partial charge is 0.287 e. The molecule has 0 amide bonds. The van der Waals surface area contributed by atoms with E-state index in [0.29, 0.717) is 11.0 Å². The molecule has 1 heterocycles. The van der Waals surface area contributed by atoms with Crippen LogP contribution in [0.3, 0.4) is 0 Å². The molecule has 0 bridgehead atoms. The Bertz CT molecular complexity index is 663. The highest BCUT2D eigenvalue weighted by molar-refractivity contribution is 9.10. The molecule has 0 aliphatic heterocycles.